The zero-order valence-corrected chi connectivity index (χ0v) is 27.1. The minimum Gasteiger partial charge on any atom is -0.378 e. The summed E-state index contributed by atoms with van der Waals surface area (Å²) in [6, 6.07) is 0.0389. The van der Waals surface area contributed by atoms with Gasteiger partial charge in [0.25, 0.3) is 5.56 Å². The van der Waals surface area contributed by atoms with E-state index in [1.807, 2.05) is 0 Å². The largest absolute Gasteiger partial charge is 0.423 e. The Morgan fingerprint density at radius 3 is 2.24 bits per heavy atom. The minimum absolute atomic E-state index is 0.00349. The van der Waals surface area contributed by atoms with E-state index in [0.717, 1.165) is 24.6 Å². The van der Waals surface area contributed by atoms with E-state index < -0.39 is 61.0 Å². The van der Waals surface area contributed by atoms with Crippen LogP contribution in [0.15, 0.2) is 23.4 Å². The van der Waals surface area contributed by atoms with Gasteiger partial charge in [0.15, 0.2) is 0 Å². The first-order valence-corrected chi connectivity index (χ1v) is 18.7. The van der Waals surface area contributed by atoms with Gasteiger partial charge in [-0.3, -0.25) is 14.4 Å². The molecule has 0 spiro atoms. The Bertz CT molecular complexity index is 1400. The van der Waals surface area contributed by atoms with E-state index in [0.29, 0.717) is 50.1 Å². The maximum atomic E-state index is 13.9. The summed E-state index contributed by atoms with van der Waals surface area (Å²) in [6.07, 6.45) is -4.60. The van der Waals surface area contributed by atoms with E-state index >= 15 is 0 Å². The molecule has 2 aliphatic rings. The van der Waals surface area contributed by atoms with Crippen LogP contribution in [0.1, 0.15) is 43.7 Å². The highest BCUT2D eigenvalue weighted by Gasteiger charge is 2.56. The first kappa shape index (κ1) is 35.6. The van der Waals surface area contributed by atoms with Crippen molar-refractivity contribution in [3.05, 3.63) is 40.1 Å². The lowest BCUT2D eigenvalue weighted by atomic mass is 9.81. The van der Waals surface area contributed by atoms with E-state index in [2.05, 4.69) is 45.5 Å². The number of ether oxygens (including phenoxy) is 1. The summed E-state index contributed by atoms with van der Waals surface area (Å²) >= 11 is 0. The monoisotopic (exact) mass is 679 g/mol. The van der Waals surface area contributed by atoms with Gasteiger partial charge in [-0.2, -0.15) is 31.4 Å². The molecule has 2 fully saturated rings. The Kier molecular flexibility index (Phi) is 10.7. The number of hydrogen-bond acceptors (Lipinski definition) is 9. The average Bonchev–Trinajstić information content (AvgIpc) is 3.77. The summed E-state index contributed by atoms with van der Waals surface area (Å²) < 4.78 is 86.1. The highest BCUT2D eigenvalue weighted by Crippen LogP contribution is 2.55. The molecule has 256 valence electrons. The number of anilines is 2. The number of piperidine rings is 1. The van der Waals surface area contributed by atoms with Crippen molar-refractivity contribution in [2.75, 3.05) is 36.5 Å². The molecule has 18 heteroatoms. The van der Waals surface area contributed by atoms with Crippen LogP contribution in [0.5, 0.6) is 0 Å². The Morgan fingerprint density at radius 2 is 1.70 bits per heavy atom. The maximum absolute atomic E-state index is 13.9. The minimum atomic E-state index is -4.95. The summed E-state index contributed by atoms with van der Waals surface area (Å²) in [5.41, 5.74) is -2.41. The Labute approximate surface area is 263 Å². The fourth-order valence-electron chi connectivity index (χ4n) is 5.35. The van der Waals surface area contributed by atoms with E-state index in [-0.39, 0.29) is 24.4 Å². The SMILES string of the molecule is C[C@@H](CONC(=O)C1(C2CCN(c3ncc(C(F)(F)F)cn3)CC2)CC1)Nc1cnn(COCC[Si](C)(C)C)c(=O)c1C(F)(F)F. The number of alkyl halides is 6. The Hall–Kier alpha value is -3.25. The van der Waals surface area contributed by atoms with Crippen molar-refractivity contribution in [1.29, 1.82) is 0 Å². The molecule has 3 heterocycles. The van der Waals surface area contributed by atoms with Gasteiger partial charge < -0.3 is 15.0 Å². The second-order valence-corrected chi connectivity index (χ2v) is 18.7. The number of carbonyl (C=O) groups is 1. The van der Waals surface area contributed by atoms with Gasteiger partial charge >= 0.3 is 12.4 Å². The lowest BCUT2D eigenvalue weighted by molar-refractivity contribution is -0.142. The number of halogens is 6. The second kappa shape index (κ2) is 13.8. The predicted molar refractivity (Wildman–Crippen MR) is 158 cm³/mol. The van der Waals surface area contributed by atoms with Crippen LogP contribution in [0, 0.1) is 11.3 Å². The molecule has 1 aliphatic heterocycles. The molecular weight excluding hydrogens is 640 g/mol. The van der Waals surface area contributed by atoms with Crippen molar-refractivity contribution in [3.63, 3.8) is 0 Å². The number of amides is 1. The van der Waals surface area contributed by atoms with Gasteiger partial charge in [-0.15, -0.1) is 0 Å². The summed E-state index contributed by atoms with van der Waals surface area (Å²) in [6.45, 7) is 8.54. The summed E-state index contributed by atoms with van der Waals surface area (Å²) in [5.74, 6) is -0.139. The fraction of sp³-hybridized carbons (Fsp3) is 0.679. The number of rotatable bonds is 13. The number of carbonyl (C=O) groups excluding carboxylic acids is 1. The summed E-state index contributed by atoms with van der Waals surface area (Å²) in [5, 5.41) is 6.45. The van der Waals surface area contributed by atoms with E-state index in [1.165, 1.54) is 6.92 Å². The highest BCUT2D eigenvalue weighted by molar-refractivity contribution is 6.76. The molecule has 0 radical (unpaired) electrons. The summed E-state index contributed by atoms with van der Waals surface area (Å²) in [7, 11) is -1.43. The molecule has 1 amide bonds. The van der Waals surface area contributed by atoms with Crippen molar-refractivity contribution in [3.8, 4) is 0 Å². The molecule has 2 aromatic rings. The lowest BCUT2D eigenvalue weighted by Gasteiger charge is -2.35. The van der Waals surface area contributed by atoms with Crippen LogP contribution in [-0.2, 0) is 33.5 Å². The molecule has 11 nitrogen and oxygen atoms in total. The van der Waals surface area contributed by atoms with Gasteiger partial charge in [0.05, 0.1) is 29.5 Å². The molecule has 0 bridgehead atoms. The molecule has 46 heavy (non-hydrogen) atoms. The second-order valence-electron chi connectivity index (χ2n) is 13.1. The molecule has 1 atom stereocenters. The number of nitrogens with zero attached hydrogens (tertiary/aromatic N) is 5. The topological polar surface area (TPSA) is 124 Å². The molecule has 0 unspecified atom stereocenters. The third kappa shape index (κ3) is 8.96. The van der Waals surface area contributed by atoms with Crippen LogP contribution in [0.3, 0.4) is 0 Å². The molecule has 2 aromatic heterocycles. The van der Waals surface area contributed by atoms with Gasteiger partial charge in [-0.25, -0.2) is 20.1 Å². The summed E-state index contributed by atoms with van der Waals surface area (Å²) in [4.78, 5) is 40.6. The van der Waals surface area contributed by atoms with E-state index in [4.69, 9.17) is 9.57 Å². The van der Waals surface area contributed by atoms with Crippen LogP contribution in [0.25, 0.3) is 0 Å². The molecule has 2 N–H and O–H groups in total. The van der Waals surface area contributed by atoms with Crippen molar-refractivity contribution in [1.82, 2.24) is 25.2 Å². The van der Waals surface area contributed by atoms with E-state index in [9.17, 15) is 35.9 Å². The number of nitrogens with one attached hydrogen (secondary N) is 2. The quantitative estimate of drug-likeness (QED) is 0.131. The van der Waals surface area contributed by atoms with Gasteiger partial charge in [0.2, 0.25) is 11.9 Å². The highest BCUT2D eigenvalue weighted by atomic mass is 28.3. The van der Waals surface area contributed by atoms with Crippen LogP contribution in [0.4, 0.5) is 38.0 Å². The van der Waals surface area contributed by atoms with Crippen molar-refractivity contribution in [2.24, 2.45) is 11.3 Å². The molecule has 1 saturated carbocycles. The molecule has 0 aromatic carbocycles. The van der Waals surface area contributed by atoms with Crippen molar-refractivity contribution < 1.29 is 40.7 Å². The van der Waals surface area contributed by atoms with Crippen molar-refractivity contribution >= 4 is 25.6 Å². The Morgan fingerprint density at radius 1 is 1.07 bits per heavy atom. The van der Waals surface area contributed by atoms with Crippen LogP contribution in [0.2, 0.25) is 25.7 Å². The first-order valence-electron chi connectivity index (χ1n) is 15.0. The number of aromatic nitrogens is 4. The smallest absolute Gasteiger partial charge is 0.378 e. The third-order valence-electron chi connectivity index (χ3n) is 8.20. The first-order chi connectivity index (χ1) is 21.4. The standard InChI is InChI=1S/C28H39F6N7O4Si/c1-18(38-21-15-37-41(17-44-11-12-46(2,3)4)23(42)22(21)28(32,33)34)16-45-39-24(43)26(7-8-26)19-5-9-40(10-6-19)25-35-13-20(14-36-25)27(29,30)31/h13-15,18-19,38H,5-12,16-17H2,1-4H3,(H,39,43)/t18-/m0/s1. The predicted octanol–water partition coefficient (Wildman–Crippen LogP) is 4.93. The molecule has 1 saturated heterocycles. The fourth-order valence-corrected chi connectivity index (χ4v) is 6.11. The average molecular weight is 680 g/mol. The third-order valence-corrected chi connectivity index (χ3v) is 9.91. The van der Waals surface area contributed by atoms with Gasteiger partial charge in [0.1, 0.15) is 12.3 Å². The number of hydroxylamine groups is 1. The van der Waals surface area contributed by atoms with Crippen LogP contribution in [-0.4, -0.2) is 66.1 Å². The normalized spacial score (nSPS) is 17.9. The van der Waals surface area contributed by atoms with E-state index in [1.54, 1.807) is 4.90 Å². The zero-order chi connectivity index (χ0) is 33.9. The van der Waals surface area contributed by atoms with Crippen molar-refractivity contribution in [2.45, 2.75) is 83.4 Å². The Balaban J connectivity index is 1.27. The maximum Gasteiger partial charge on any atom is 0.423 e. The van der Waals surface area contributed by atoms with Crippen LogP contribution < -0.4 is 21.3 Å². The molecule has 4 rings (SSSR count). The van der Waals surface area contributed by atoms with Gasteiger partial charge in [-0.1, -0.05) is 19.6 Å². The zero-order valence-electron chi connectivity index (χ0n) is 26.1. The van der Waals surface area contributed by atoms with Gasteiger partial charge in [0, 0.05) is 46.2 Å². The molecule has 1 aliphatic carbocycles. The number of hydrogen-bond donors (Lipinski definition) is 2. The van der Waals surface area contributed by atoms with Gasteiger partial charge in [-0.05, 0) is 44.6 Å². The van der Waals surface area contributed by atoms with Crippen LogP contribution >= 0.6 is 0 Å². The lowest BCUT2D eigenvalue weighted by Crippen LogP contribution is -2.43. The molecular formula is C28H39F6N7O4Si.